The molecule has 1 heterocycles. The highest BCUT2D eigenvalue weighted by Gasteiger charge is 2.33. The van der Waals surface area contributed by atoms with Crippen molar-refractivity contribution in [3.63, 3.8) is 0 Å². The van der Waals surface area contributed by atoms with Crippen LogP contribution < -0.4 is 0 Å². The summed E-state index contributed by atoms with van der Waals surface area (Å²) in [5.74, 6) is -2.22. The van der Waals surface area contributed by atoms with Crippen LogP contribution in [0.5, 0.6) is 0 Å². The zero-order chi connectivity index (χ0) is 15.7. The van der Waals surface area contributed by atoms with Crippen LogP contribution in [0.4, 0.5) is 8.78 Å². The van der Waals surface area contributed by atoms with Gasteiger partial charge in [-0.25, -0.2) is 8.78 Å². The average molecular weight is 310 g/mol. The van der Waals surface area contributed by atoms with E-state index in [1.54, 1.807) is 4.90 Å². The van der Waals surface area contributed by atoms with E-state index in [9.17, 15) is 18.7 Å². The Morgan fingerprint density at radius 3 is 2.41 bits per heavy atom. The number of hydrogen-bond donors (Lipinski definition) is 1. The molecule has 3 rings (SSSR count). The standard InChI is InChI=1S/C16H20F2N2O2/c17-12-5-4-11(10-13(12)18)16(22)20-8-6-19(7-9-20)14-2-1-3-15(14)21/h4-5,10,14-15,21H,1-3,6-9H2/t14-,15-/m0/s1. The van der Waals surface area contributed by atoms with E-state index in [1.807, 2.05) is 0 Å². The topological polar surface area (TPSA) is 43.8 Å². The van der Waals surface area contributed by atoms with E-state index in [0.29, 0.717) is 26.2 Å². The number of halogens is 2. The van der Waals surface area contributed by atoms with Crippen molar-refractivity contribution in [1.82, 2.24) is 9.80 Å². The van der Waals surface area contributed by atoms with Gasteiger partial charge in [0.25, 0.3) is 5.91 Å². The molecular weight excluding hydrogens is 290 g/mol. The molecule has 1 N–H and O–H groups in total. The molecule has 0 radical (unpaired) electrons. The number of piperazine rings is 1. The lowest BCUT2D eigenvalue weighted by Gasteiger charge is -2.39. The maximum absolute atomic E-state index is 13.2. The van der Waals surface area contributed by atoms with Crippen LogP contribution in [0, 0.1) is 11.6 Å². The molecule has 0 spiro atoms. The number of hydrogen-bond acceptors (Lipinski definition) is 3. The van der Waals surface area contributed by atoms with Gasteiger partial charge in [-0.3, -0.25) is 9.69 Å². The molecule has 6 heteroatoms. The summed E-state index contributed by atoms with van der Waals surface area (Å²) >= 11 is 0. The van der Waals surface area contributed by atoms with Crippen LogP contribution in [0.25, 0.3) is 0 Å². The molecule has 1 aromatic rings. The number of rotatable bonds is 2. The summed E-state index contributed by atoms with van der Waals surface area (Å²) in [5, 5.41) is 9.95. The van der Waals surface area contributed by atoms with Crippen molar-refractivity contribution in [2.75, 3.05) is 26.2 Å². The minimum absolute atomic E-state index is 0.174. The van der Waals surface area contributed by atoms with Crippen molar-refractivity contribution in [2.24, 2.45) is 0 Å². The summed E-state index contributed by atoms with van der Waals surface area (Å²) in [6, 6.07) is 3.44. The van der Waals surface area contributed by atoms with Gasteiger partial charge in [-0.05, 0) is 37.5 Å². The second kappa shape index (κ2) is 6.30. The van der Waals surface area contributed by atoms with Gasteiger partial charge in [0.15, 0.2) is 11.6 Å². The fourth-order valence-corrected chi connectivity index (χ4v) is 3.42. The Hall–Kier alpha value is -1.53. The van der Waals surface area contributed by atoms with E-state index < -0.39 is 11.6 Å². The van der Waals surface area contributed by atoms with Crippen LogP contribution in [0.1, 0.15) is 29.6 Å². The van der Waals surface area contributed by atoms with Crippen molar-refractivity contribution in [1.29, 1.82) is 0 Å². The summed E-state index contributed by atoms with van der Waals surface area (Å²) in [4.78, 5) is 16.2. The minimum atomic E-state index is -1.00. The molecule has 0 unspecified atom stereocenters. The van der Waals surface area contributed by atoms with E-state index >= 15 is 0 Å². The first-order valence-electron chi connectivity index (χ1n) is 7.72. The number of nitrogens with zero attached hydrogens (tertiary/aromatic N) is 2. The minimum Gasteiger partial charge on any atom is -0.391 e. The highest BCUT2D eigenvalue weighted by Crippen LogP contribution is 2.25. The third-order valence-electron chi connectivity index (χ3n) is 4.68. The van der Waals surface area contributed by atoms with Crippen LogP contribution in [0.15, 0.2) is 18.2 Å². The molecular formula is C16H20F2N2O2. The molecule has 2 fully saturated rings. The fraction of sp³-hybridized carbons (Fsp3) is 0.562. The Bertz CT molecular complexity index is 559. The predicted molar refractivity (Wildman–Crippen MR) is 77.5 cm³/mol. The first-order valence-corrected chi connectivity index (χ1v) is 7.72. The molecule has 2 atom stereocenters. The van der Waals surface area contributed by atoms with Crippen molar-refractivity contribution < 1.29 is 18.7 Å². The van der Waals surface area contributed by atoms with Gasteiger partial charge in [0.05, 0.1) is 6.10 Å². The maximum atomic E-state index is 13.2. The molecule has 22 heavy (non-hydrogen) atoms. The summed E-state index contributed by atoms with van der Waals surface area (Å²) < 4.78 is 26.2. The van der Waals surface area contributed by atoms with Crippen LogP contribution in [-0.4, -0.2) is 59.1 Å². The van der Waals surface area contributed by atoms with E-state index in [-0.39, 0.29) is 23.6 Å². The Labute approximate surface area is 128 Å². The maximum Gasteiger partial charge on any atom is 0.254 e. The lowest BCUT2D eigenvalue weighted by Crippen LogP contribution is -2.53. The zero-order valence-electron chi connectivity index (χ0n) is 12.3. The van der Waals surface area contributed by atoms with Gasteiger partial charge in [-0.15, -0.1) is 0 Å². The molecule has 120 valence electrons. The normalized spacial score (nSPS) is 26.4. The molecule has 1 aliphatic carbocycles. The largest absolute Gasteiger partial charge is 0.391 e. The number of aliphatic hydroxyl groups excluding tert-OH is 1. The van der Waals surface area contributed by atoms with E-state index in [4.69, 9.17) is 0 Å². The van der Waals surface area contributed by atoms with Crippen molar-refractivity contribution >= 4 is 5.91 Å². The Balaban J connectivity index is 1.61. The quantitative estimate of drug-likeness (QED) is 0.903. The Kier molecular flexibility index (Phi) is 4.40. The number of amides is 1. The average Bonchev–Trinajstić information content (AvgIpc) is 2.95. The second-order valence-corrected chi connectivity index (χ2v) is 6.02. The highest BCUT2D eigenvalue weighted by atomic mass is 19.2. The van der Waals surface area contributed by atoms with Gasteiger partial charge < -0.3 is 10.0 Å². The van der Waals surface area contributed by atoms with Crippen LogP contribution in [0.3, 0.4) is 0 Å². The number of carbonyl (C=O) groups excluding carboxylic acids is 1. The SMILES string of the molecule is O=C(c1ccc(F)c(F)c1)N1CCN([C@H]2CCC[C@@H]2O)CC1. The summed E-state index contributed by atoms with van der Waals surface area (Å²) in [6.45, 7) is 2.50. The molecule has 1 aromatic carbocycles. The Morgan fingerprint density at radius 1 is 1.09 bits per heavy atom. The second-order valence-electron chi connectivity index (χ2n) is 6.02. The van der Waals surface area contributed by atoms with Gasteiger partial charge in [0.2, 0.25) is 0 Å². The first-order chi connectivity index (χ1) is 10.6. The molecule has 2 aliphatic rings. The molecule has 0 bridgehead atoms. The lowest BCUT2D eigenvalue weighted by atomic mass is 10.1. The Morgan fingerprint density at radius 2 is 1.82 bits per heavy atom. The molecule has 4 nitrogen and oxygen atoms in total. The van der Waals surface area contributed by atoms with Gasteiger partial charge >= 0.3 is 0 Å². The van der Waals surface area contributed by atoms with Crippen molar-refractivity contribution in [2.45, 2.75) is 31.4 Å². The molecule has 0 aromatic heterocycles. The van der Waals surface area contributed by atoms with E-state index in [1.165, 1.54) is 6.07 Å². The molecule has 1 saturated carbocycles. The smallest absolute Gasteiger partial charge is 0.254 e. The summed E-state index contributed by atoms with van der Waals surface area (Å²) in [6.07, 6.45) is 2.62. The zero-order valence-corrected chi connectivity index (χ0v) is 12.3. The first kappa shape index (κ1) is 15.4. The summed E-state index contributed by atoms with van der Waals surface area (Å²) in [5.41, 5.74) is 0.174. The van der Waals surface area contributed by atoms with Crippen LogP contribution >= 0.6 is 0 Å². The van der Waals surface area contributed by atoms with Crippen molar-refractivity contribution in [3.8, 4) is 0 Å². The fourth-order valence-electron chi connectivity index (χ4n) is 3.42. The van der Waals surface area contributed by atoms with E-state index in [2.05, 4.69) is 4.90 Å². The monoisotopic (exact) mass is 310 g/mol. The molecule has 1 saturated heterocycles. The summed E-state index contributed by atoms with van der Waals surface area (Å²) in [7, 11) is 0. The third-order valence-corrected chi connectivity index (χ3v) is 4.68. The van der Waals surface area contributed by atoms with Crippen molar-refractivity contribution in [3.05, 3.63) is 35.4 Å². The molecule has 1 amide bonds. The highest BCUT2D eigenvalue weighted by molar-refractivity contribution is 5.94. The molecule has 1 aliphatic heterocycles. The number of aliphatic hydroxyl groups is 1. The lowest BCUT2D eigenvalue weighted by molar-refractivity contribution is 0.0315. The van der Waals surface area contributed by atoms with Crippen LogP contribution in [0.2, 0.25) is 0 Å². The third kappa shape index (κ3) is 2.98. The number of carbonyl (C=O) groups is 1. The van der Waals surface area contributed by atoms with Crippen LogP contribution in [-0.2, 0) is 0 Å². The van der Waals surface area contributed by atoms with Gasteiger partial charge in [-0.1, -0.05) is 0 Å². The van der Waals surface area contributed by atoms with E-state index in [0.717, 1.165) is 31.4 Å². The predicted octanol–water partition coefficient (Wildman–Crippen LogP) is 1.64. The number of benzene rings is 1. The van der Waals surface area contributed by atoms with Gasteiger partial charge in [-0.2, -0.15) is 0 Å². The van der Waals surface area contributed by atoms with Gasteiger partial charge in [0.1, 0.15) is 0 Å². The van der Waals surface area contributed by atoms with Gasteiger partial charge in [0, 0.05) is 37.8 Å².